The van der Waals surface area contributed by atoms with Gasteiger partial charge in [-0.05, 0) is 49.0 Å². The number of aromatic nitrogens is 2. The van der Waals surface area contributed by atoms with E-state index >= 15 is 0 Å². The van der Waals surface area contributed by atoms with E-state index in [9.17, 15) is 9.59 Å². The van der Waals surface area contributed by atoms with Crippen LogP contribution in [-0.4, -0.2) is 15.8 Å². The topological polar surface area (TPSA) is 62.8 Å². The maximum atomic E-state index is 12.9. The maximum Gasteiger partial charge on any atom is 0.259 e. The van der Waals surface area contributed by atoms with Crippen LogP contribution in [0.25, 0.3) is 10.2 Å². The summed E-state index contributed by atoms with van der Waals surface area (Å²) in [5.74, 6) is 0.740. The molecular weight excluding hydrogens is 380 g/mol. The molecule has 0 unspecified atom stereocenters. The largest absolute Gasteiger partial charge is 0.310 e. The van der Waals surface area contributed by atoms with Gasteiger partial charge in [0, 0.05) is 17.7 Å². The van der Waals surface area contributed by atoms with Crippen molar-refractivity contribution in [3.63, 3.8) is 0 Å². The minimum Gasteiger partial charge on any atom is -0.310 e. The second-order valence-corrected chi connectivity index (χ2v) is 9.96. The Morgan fingerprint density at radius 3 is 2.34 bits per heavy atom. The normalized spacial score (nSPS) is 17.0. The van der Waals surface area contributed by atoms with Crippen LogP contribution in [0.3, 0.4) is 0 Å². The molecule has 0 aliphatic heterocycles. The lowest BCUT2D eigenvalue weighted by Crippen LogP contribution is -2.30. The summed E-state index contributed by atoms with van der Waals surface area (Å²) < 4.78 is 0. The van der Waals surface area contributed by atoms with Gasteiger partial charge in [-0.3, -0.25) is 4.79 Å². The van der Waals surface area contributed by atoms with E-state index in [4.69, 9.17) is 0 Å². The summed E-state index contributed by atoms with van der Waals surface area (Å²) in [4.78, 5) is 33.8. The molecule has 4 nitrogen and oxygen atoms in total. The smallest absolute Gasteiger partial charge is 0.259 e. The lowest BCUT2D eigenvalue weighted by atomic mass is 9.67. The summed E-state index contributed by atoms with van der Waals surface area (Å²) in [6, 6.07) is 0. The fourth-order valence-corrected chi connectivity index (χ4v) is 5.92. The number of aryl methyl sites for hydroxylation is 2. The number of hydrogen-bond acceptors (Lipinski definition) is 4. The van der Waals surface area contributed by atoms with E-state index in [1.54, 1.807) is 18.3 Å². The van der Waals surface area contributed by atoms with Gasteiger partial charge in [-0.15, -0.1) is 11.3 Å². The Bertz CT molecular complexity index is 875. The maximum absolute atomic E-state index is 12.9. The number of carbonyl (C=O) groups excluding carboxylic acids is 1. The minimum atomic E-state index is -0.0486. The van der Waals surface area contributed by atoms with Crippen LogP contribution >= 0.6 is 11.3 Å². The van der Waals surface area contributed by atoms with Crippen LogP contribution in [0.5, 0.6) is 0 Å². The van der Waals surface area contributed by atoms with Gasteiger partial charge in [0.2, 0.25) is 0 Å². The zero-order chi connectivity index (χ0) is 22.4. The van der Waals surface area contributed by atoms with Crippen molar-refractivity contribution < 1.29 is 4.79 Å². The Kier molecular flexibility index (Phi) is 9.26. The van der Waals surface area contributed by atoms with Crippen LogP contribution in [0, 0.1) is 5.41 Å². The van der Waals surface area contributed by atoms with Crippen molar-refractivity contribution in [2.45, 2.75) is 106 Å². The molecule has 0 amide bonds. The van der Waals surface area contributed by atoms with E-state index in [1.807, 2.05) is 27.7 Å². The first-order valence-electron chi connectivity index (χ1n) is 11.1. The van der Waals surface area contributed by atoms with Crippen molar-refractivity contribution in [2.75, 3.05) is 0 Å². The molecule has 1 aliphatic rings. The second-order valence-electron chi connectivity index (χ2n) is 8.87. The molecule has 0 radical (unpaired) electrons. The SMILES string of the molecule is CC.CC.CC(=O)CCc1nc2sc3c(c2c(=O)[nH]1)C(C)(C)CC(C)(C)CCC3. The highest BCUT2D eigenvalue weighted by Gasteiger charge is 2.36. The number of Topliss-reactive ketones (excluding diaryl/α,β-unsaturated/α-hetero) is 1. The molecule has 0 saturated carbocycles. The van der Waals surface area contributed by atoms with Crippen LogP contribution in [-0.2, 0) is 23.1 Å². The Morgan fingerprint density at radius 1 is 1.14 bits per heavy atom. The molecule has 2 aromatic heterocycles. The molecule has 2 aromatic rings. The summed E-state index contributed by atoms with van der Waals surface area (Å²) >= 11 is 1.67. The standard InChI is InChI=1S/C20H28N2O2S.2C2H6/c1-12(23)8-9-14-21-17(24)15-16-13(25-18(15)22-14)7-6-10-19(2,3)11-20(16,4)5;2*1-2/h6-11H2,1-5H3,(H,21,22,24);2*1-2H3. The zero-order valence-electron chi connectivity index (χ0n) is 19.9. The van der Waals surface area contributed by atoms with Gasteiger partial charge in [0.15, 0.2) is 0 Å². The molecule has 1 aliphatic carbocycles. The molecular formula is C24H40N2O2S. The van der Waals surface area contributed by atoms with Crippen LogP contribution in [0.15, 0.2) is 4.79 Å². The Hall–Kier alpha value is -1.49. The summed E-state index contributed by atoms with van der Waals surface area (Å²) in [6.07, 6.45) is 5.35. The van der Waals surface area contributed by atoms with Gasteiger partial charge in [-0.1, -0.05) is 55.4 Å². The first-order chi connectivity index (χ1) is 13.6. The van der Waals surface area contributed by atoms with Gasteiger partial charge in [0.25, 0.3) is 5.56 Å². The van der Waals surface area contributed by atoms with E-state index in [-0.39, 0.29) is 22.2 Å². The number of nitrogens with one attached hydrogen (secondary N) is 1. The lowest BCUT2D eigenvalue weighted by molar-refractivity contribution is -0.117. The Morgan fingerprint density at radius 2 is 1.76 bits per heavy atom. The van der Waals surface area contributed by atoms with Gasteiger partial charge in [0.1, 0.15) is 16.4 Å². The molecule has 0 aromatic carbocycles. The zero-order valence-corrected chi connectivity index (χ0v) is 20.7. The molecule has 3 rings (SSSR count). The predicted octanol–water partition coefficient (Wildman–Crippen LogP) is 6.59. The van der Waals surface area contributed by atoms with E-state index in [0.29, 0.717) is 18.7 Å². The third-order valence-corrected chi connectivity index (χ3v) is 6.40. The van der Waals surface area contributed by atoms with Gasteiger partial charge < -0.3 is 9.78 Å². The molecule has 2 heterocycles. The monoisotopic (exact) mass is 420 g/mol. The predicted molar refractivity (Wildman–Crippen MR) is 126 cm³/mol. The molecule has 0 saturated heterocycles. The third kappa shape index (κ3) is 6.24. The van der Waals surface area contributed by atoms with Gasteiger partial charge in [0.05, 0.1) is 5.39 Å². The van der Waals surface area contributed by atoms with E-state index < -0.39 is 0 Å². The van der Waals surface area contributed by atoms with Crippen molar-refractivity contribution >= 4 is 27.3 Å². The molecule has 0 spiro atoms. The number of rotatable bonds is 3. The highest BCUT2D eigenvalue weighted by molar-refractivity contribution is 7.18. The number of aromatic amines is 1. The highest BCUT2D eigenvalue weighted by Crippen LogP contribution is 2.47. The quantitative estimate of drug-likeness (QED) is 0.609. The van der Waals surface area contributed by atoms with Gasteiger partial charge in [-0.2, -0.15) is 0 Å². The average molecular weight is 421 g/mol. The molecule has 0 fully saturated rings. The first kappa shape index (κ1) is 25.5. The number of carbonyl (C=O) groups is 1. The van der Waals surface area contributed by atoms with Crippen LogP contribution in [0.2, 0.25) is 0 Å². The van der Waals surface area contributed by atoms with Crippen molar-refractivity contribution in [1.82, 2.24) is 9.97 Å². The van der Waals surface area contributed by atoms with Crippen molar-refractivity contribution in [3.8, 4) is 0 Å². The number of ketones is 1. The fraction of sp³-hybridized carbons (Fsp3) is 0.708. The fourth-order valence-electron chi connectivity index (χ4n) is 4.50. The van der Waals surface area contributed by atoms with Gasteiger partial charge >= 0.3 is 0 Å². The number of H-pyrrole nitrogens is 1. The number of nitrogens with zero attached hydrogens (tertiary/aromatic N) is 1. The summed E-state index contributed by atoms with van der Waals surface area (Å²) in [6.45, 7) is 18.7. The molecule has 0 atom stereocenters. The number of thiophene rings is 1. The summed E-state index contributed by atoms with van der Waals surface area (Å²) in [5, 5.41) is 0.772. The second kappa shape index (κ2) is 10.5. The van der Waals surface area contributed by atoms with Crippen molar-refractivity contribution in [3.05, 3.63) is 26.6 Å². The number of hydrogen-bond donors (Lipinski definition) is 1. The highest BCUT2D eigenvalue weighted by atomic mass is 32.1. The Balaban J connectivity index is 0.000000989. The Labute approximate surface area is 180 Å². The van der Waals surface area contributed by atoms with E-state index in [2.05, 4.69) is 37.7 Å². The lowest BCUT2D eigenvalue weighted by Gasteiger charge is -2.37. The number of fused-ring (bicyclic) bond motifs is 3. The van der Waals surface area contributed by atoms with E-state index in [1.165, 1.54) is 16.9 Å². The van der Waals surface area contributed by atoms with Gasteiger partial charge in [-0.25, -0.2) is 4.98 Å². The summed E-state index contributed by atoms with van der Waals surface area (Å²) in [7, 11) is 0. The molecule has 1 N–H and O–H groups in total. The summed E-state index contributed by atoms with van der Waals surface area (Å²) in [5.41, 5.74) is 1.38. The van der Waals surface area contributed by atoms with Crippen LogP contribution < -0.4 is 5.56 Å². The third-order valence-electron chi connectivity index (χ3n) is 5.25. The molecule has 0 bridgehead atoms. The average Bonchev–Trinajstić information content (AvgIpc) is 3.01. The first-order valence-corrected chi connectivity index (χ1v) is 12.0. The van der Waals surface area contributed by atoms with Crippen molar-refractivity contribution in [1.29, 1.82) is 0 Å². The minimum absolute atomic E-state index is 0.0485. The van der Waals surface area contributed by atoms with Crippen LogP contribution in [0.4, 0.5) is 0 Å². The van der Waals surface area contributed by atoms with Crippen molar-refractivity contribution in [2.24, 2.45) is 5.41 Å². The molecule has 5 heteroatoms. The van der Waals surface area contributed by atoms with E-state index in [0.717, 1.165) is 29.5 Å². The molecule has 29 heavy (non-hydrogen) atoms. The molecule has 164 valence electrons. The van der Waals surface area contributed by atoms with Crippen LogP contribution in [0.1, 0.15) is 104 Å².